The van der Waals surface area contributed by atoms with Crippen LogP contribution in [0.2, 0.25) is 0 Å². The maximum absolute atomic E-state index is 12.4. The third kappa shape index (κ3) is 9.53. The molecule has 0 spiro atoms. The third-order valence-electron chi connectivity index (χ3n) is 3.46. The number of carbonyl (C=O) groups excluding carboxylic acids is 3. The molecule has 0 aliphatic carbocycles. The normalized spacial score (nSPS) is 14.8. The van der Waals surface area contributed by atoms with E-state index in [9.17, 15) is 19.2 Å². The van der Waals surface area contributed by atoms with Gasteiger partial charge in [-0.3, -0.25) is 9.59 Å². The minimum atomic E-state index is -1.28. The molecule has 0 unspecified atom stereocenters. The summed E-state index contributed by atoms with van der Waals surface area (Å²) in [5, 5.41) is 14.0. The zero-order valence-corrected chi connectivity index (χ0v) is 15.4. The minimum absolute atomic E-state index is 0.129. The van der Waals surface area contributed by atoms with Crippen molar-refractivity contribution >= 4 is 23.9 Å². The molecule has 0 aromatic carbocycles. The van der Waals surface area contributed by atoms with Crippen molar-refractivity contribution in [2.24, 2.45) is 11.7 Å². The summed E-state index contributed by atoms with van der Waals surface area (Å²) in [5.41, 5.74) is 4.28. The lowest BCUT2D eigenvalue weighted by Gasteiger charge is -2.27. The highest BCUT2D eigenvalue weighted by molar-refractivity contribution is 5.89. The Balaban J connectivity index is 5.06. The molecule has 5 N–H and O–H groups in total. The molecule has 0 fully saturated rings. The van der Waals surface area contributed by atoms with Crippen molar-refractivity contribution in [2.75, 3.05) is 0 Å². The van der Waals surface area contributed by atoms with Crippen molar-refractivity contribution in [3.05, 3.63) is 0 Å². The van der Waals surface area contributed by atoms with E-state index in [2.05, 4.69) is 10.6 Å². The molecule has 144 valence electrons. The number of rotatable bonds is 9. The summed E-state index contributed by atoms with van der Waals surface area (Å²) in [6.45, 7) is 8.66. The first-order chi connectivity index (χ1) is 11.4. The van der Waals surface area contributed by atoms with Gasteiger partial charge in [0.25, 0.3) is 0 Å². The Morgan fingerprint density at radius 2 is 1.72 bits per heavy atom. The fourth-order valence-electron chi connectivity index (χ4n) is 1.94. The van der Waals surface area contributed by atoms with E-state index >= 15 is 0 Å². The first kappa shape index (κ1) is 22.7. The van der Waals surface area contributed by atoms with E-state index in [1.165, 1.54) is 0 Å². The molecule has 0 heterocycles. The van der Waals surface area contributed by atoms with Gasteiger partial charge in [0, 0.05) is 6.42 Å². The zero-order chi connectivity index (χ0) is 19.8. The number of amides is 3. The Morgan fingerprint density at radius 1 is 1.16 bits per heavy atom. The molecule has 0 aliphatic rings. The van der Waals surface area contributed by atoms with E-state index in [1.54, 1.807) is 27.7 Å². The van der Waals surface area contributed by atoms with Crippen LogP contribution in [0.3, 0.4) is 0 Å². The molecule has 0 rings (SSSR count). The number of ether oxygens (including phenoxy) is 1. The number of carboxylic acid groups (broad SMARTS) is 1. The maximum atomic E-state index is 12.4. The summed E-state index contributed by atoms with van der Waals surface area (Å²) in [5.74, 6) is -2.85. The van der Waals surface area contributed by atoms with Gasteiger partial charge in [0.05, 0.1) is 0 Å². The molecule has 25 heavy (non-hydrogen) atoms. The SMILES string of the molecule is CC[C@@H](C)[C@@H](NC(=O)OC(C)(C)C)C(=O)N[C@H](CCC(N)=O)C(=O)O. The van der Waals surface area contributed by atoms with Crippen LogP contribution in [-0.2, 0) is 19.1 Å². The van der Waals surface area contributed by atoms with Crippen LogP contribution in [0.5, 0.6) is 0 Å². The van der Waals surface area contributed by atoms with Crippen LogP contribution in [-0.4, -0.2) is 46.7 Å². The second kappa shape index (κ2) is 9.85. The summed E-state index contributed by atoms with van der Waals surface area (Å²) in [7, 11) is 0. The smallest absolute Gasteiger partial charge is 0.408 e. The van der Waals surface area contributed by atoms with E-state index in [-0.39, 0.29) is 18.8 Å². The fourth-order valence-corrected chi connectivity index (χ4v) is 1.94. The monoisotopic (exact) mass is 359 g/mol. The van der Waals surface area contributed by atoms with Crippen molar-refractivity contribution in [2.45, 2.75) is 71.6 Å². The minimum Gasteiger partial charge on any atom is -0.480 e. The van der Waals surface area contributed by atoms with Crippen molar-refractivity contribution in [3.63, 3.8) is 0 Å². The van der Waals surface area contributed by atoms with Gasteiger partial charge >= 0.3 is 12.1 Å². The van der Waals surface area contributed by atoms with Gasteiger partial charge in [-0.15, -0.1) is 0 Å². The molecule has 3 amide bonds. The van der Waals surface area contributed by atoms with Gasteiger partial charge in [-0.2, -0.15) is 0 Å². The summed E-state index contributed by atoms with van der Waals surface area (Å²) in [4.78, 5) is 46.4. The number of carboxylic acids is 1. The molecule has 0 saturated heterocycles. The lowest BCUT2D eigenvalue weighted by Crippen LogP contribution is -2.54. The van der Waals surface area contributed by atoms with Crippen molar-refractivity contribution in [1.82, 2.24) is 10.6 Å². The molecule has 0 aliphatic heterocycles. The number of carbonyl (C=O) groups is 4. The number of hydrogen-bond donors (Lipinski definition) is 4. The summed E-state index contributed by atoms with van der Waals surface area (Å²) in [6, 6.07) is -2.23. The highest BCUT2D eigenvalue weighted by Gasteiger charge is 2.31. The lowest BCUT2D eigenvalue weighted by molar-refractivity contribution is -0.142. The zero-order valence-electron chi connectivity index (χ0n) is 15.4. The number of nitrogens with two attached hydrogens (primary N) is 1. The Hall–Kier alpha value is -2.32. The van der Waals surface area contributed by atoms with Gasteiger partial charge in [0.2, 0.25) is 11.8 Å². The standard InChI is InChI=1S/C16H29N3O6/c1-6-9(2)12(19-15(24)25-16(3,4)5)13(21)18-10(14(22)23)7-8-11(17)20/h9-10,12H,6-8H2,1-5H3,(H2,17,20)(H,18,21)(H,19,24)(H,22,23)/t9-,10-,12-/m1/s1. The van der Waals surface area contributed by atoms with Crippen molar-refractivity contribution in [3.8, 4) is 0 Å². The van der Waals surface area contributed by atoms with Gasteiger partial charge in [0.1, 0.15) is 17.7 Å². The Morgan fingerprint density at radius 3 is 2.12 bits per heavy atom. The number of hydrogen-bond acceptors (Lipinski definition) is 5. The third-order valence-corrected chi connectivity index (χ3v) is 3.46. The predicted octanol–water partition coefficient (Wildman–Crippen LogP) is 0.761. The van der Waals surface area contributed by atoms with Crippen LogP contribution >= 0.6 is 0 Å². The van der Waals surface area contributed by atoms with E-state index in [1.807, 2.05) is 6.92 Å². The molecular formula is C16H29N3O6. The summed E-state index contributed by atoms with van der Waals surface area (Å²) >= 11 is 0. The largest absolute Gasteiger partial charge is 0.480 e. The van der Waals surface area contributed by atoms with Crippen LogP contribution in [0.25, 0.3) is 0 Å². The van der Waals surface area contributed by atoms with E-state index in [0.29, 0.717) is 6.42 Å². The van der Waals surface area contributed by atoms with Gasteiger partial charge in [-0.25, -0.2) is 9.59 Å². The molecular weight excluding hydrogens is 330 g/mol. The quantitative estimate of drug-likeness (QED) is 0.478. The Kier molecular flexibility index (Phi) is 8.94. The van der Waals surface area contributed by atoms with Gasteiger partial charge < -0.3 is 26.2 Å². The first-order valence-electron chi connectivity index (χ1n) is 8.18. The topological polar surface area (TPSA) is 148 Å². The molecule has 0 aromatic rings. The van der Waals surface area contributed by atoms with E-state index in [0.717, 1.165) is 0 Å². The fraction of sp³-hybridized carbons (Fsp3) is 0.750. The summed E-state index contributed by atoms with van der Waals surface area (Å²) < 4.78 is 5.14. The first-order valence-corrected chi connectivity index (χ1v) is 8.18. The average Bonchev–Trinajstić information content (AvgIpc) is 2.45. The predicted molar refractivity (Wildman–Crippen MR) is 90.6 cm³/mol. The second-order valence-corrected chi connectivity index (χ2v) is 6.91. The highest BCUT2D eigenvalue weighted by Crippen LogP contribution is 2.12. The molecule has 0 aromatic heterocycles. The molecule has 0 saturated carbocycles. The van der Waals surface area contributed by atoms with Crippen LogP contribution < -0.4 is 16.4 Å². The summed E-state index contributed by atoms with van der Waals surface area (Å²) in [6.07, 6.45) is -0.495. The number of nitrogens with one attached hydrogen (secondary N) is 2. The number of primary amides is 1. The average molecular weight is 359 g/mol. The van der Waals surface area contributed by atoms with Crippen LogP contribution in [0, 0.1) is 5.92 Å². The molecule has 9 nitrogen and oxygen atoms in total. The molecule has 9 heteroatoms. The molecule has 3 atom stereocenters. The van der Waals surface area contributed by atoms with E-state index < -0.39 is 41.6 Å². The van der Waals surface area contributed by atoms with Crippen LogP contribution in [0.15, 0.2) is 0 Å². The van der Waals surface area contributed by atoms with Gasteiger partial charge in [-0.1, -0.05) is 20.3 Å². The second-order valence-electron chi connectivity index (χ2n) is 6.91. The van der Waals surface area contributed by atoms with Gasteiger partial charge in [0.15, 0.2) is 0 Å². The van der Waals surface area contributed by atoms with Crippen LogP contribution in [0.4, 0.5) is 4.79 Å². The van der Waals surface area contributed by atoms with E-state index in [4.69, 9.17) is 15.6 Å². The lowest BCUT2D eigenvalue weighted by atomic mass is 9.98. The maximum Gasteiger partial charge on any atom is 0.408 e. The van der Waals surface area contributed by atoms with Crippen molar-refractivity contribution in [1.29, 1.82) is 0 Å². The highest BCUT2D eigenvalue weighted by atomic mass is 16.6. The van der Waals surface area contributed by atoms with Gasteiger partial charge in [-0.05, 0) is 33.1 Å². The Bertz CT molecular complexity index is 501. The molecule has 0 bridgehead atoms. The van der Waals surface area contributed by atoms with Crippen molar-refractivity contribution < 1.29 is 29.0 Å². The van der Waals surface area contributed by atoms with Crippen LogP contribution in [0.1, 0.15) is 53.9 Å². The number of alkyl carbamates (subject to hydrolysis) is 1. The number of aliphatic carboxylic acids is 1. The Labute approximate surface area is 147 Å². The molecule has 0 radical (unpaired) electrons.